The van der Waals surface area contributed by atoms with Gasteiger partial charge in [-0.1, -0.05) is 32.6 Å². The molecule has 1 aromatic heterocycles. The topological polar surface area (TPSA) is 12.0 Å². The van der Waals surface area contributed by atoms with Gasteiger partial charge in [-0.25, -0.2) is 0 Å². The molecule has 0 spiro atoms. The molecule has 1 aliphatic carbocycles. The Balaban J connectivity index is 1.94. The fourth-order valence-electron chi connectivity index (χ4n) is 2.88. The predicted octanol–water partition coefficient (Wildman–Crippen LogP) is 4.47. The van der Waals surface area contributed by atoms with Gasteiger partial charge >= 0.3 is 0 Å². The second-order valence-corrected chi connectivity index (χ2v) is 7.57. The smallest absolute Gasteiger partial charge is 0.0701 e. The molecule has 0 aromatic carbocycles. The quantitative estimate of drug-likeness (QED) is 0.816. The molecule has 0 radical (unpaired) electrons. The van der Waals surface area contributed by atoms with Crippen LogP contribution in [0.3, 0.4) is 0 Å². The van der Waals surface area contributed by atoms with Crippen molar-refractivity contribution in [1.82, 2.24) is 5.32 Å². The number of hydrogen-bond acceptors (Lipinski definition) is 2. The minimum Gasteiger partial charge on any atom is -0.317 e. The fraction of sp³-hybridized carbons (Fsp3) is 0.714. The number of thiophene rings is 1. The average molecular weight is 316 g/mol. The van der Waals surface area contributed by atoms with Gasteiger partial charge in [0.05, 0.1) is 3.79 Å². The van der Waals surface area contributed by atoms with Gasteiger partial charge in [-0.3, -0.25) is 0 Å². The Labute approximate surface area is 117 Å². The lowest BCUT2D eigenvalue weighted by Gasteiger charge is -2.23. The summed E-state index contributed by atoms with van der Waals surface area (Å²) >= 11 is 5.46. The largest absolute Gasteiger partial charge is 0.317 e. The first-order chi connectivity index (χ1) is 8.29. The number of nitrogens with one attached hydrogen (secondary N) is 1. The van der Waals surface area contributed by atoms with Crippen molar-refractivity contribution in [2.45, 2.75) is 39.0 Å². The van der Waals surface area contributed by atoms with Crippen molar-refractivity contribution in [3.63, 3.8) is 0 Å². The summed E-state index contributed by atoms with van der Waals surface area (Å²) in [5, 5.41) is 3.55. The van der Waals surface area contributed by atoms with E-state index in [0.717, 1.165) is 18.4 Å². The highest BCUT2D eigenvalue weighted by Crippen LogP contribution is 2.34. The van der Waals surface area contributed by atoms with Crippen LogP contribution in [-0.2, 0) is 6.42 Å². The molecule has 1 fully saturated rings. The van der Waals surface area contributed by atoms with Crippen LogP contribution >= 0.6 is 27.3 Å². The van der Waals surface area contributed by atoms with Crippen LogP contribution in [0.2, 0.25) is 0 Å². The molecule has 0 aliphatic heterocycles. The van der Waals surface area contributed by atoms with Gasteiger partial charge in [0.25, 0.3) is 0 Å². The van der Waals surface area contributed by atoms with E-state index in [0.29, 0.717) is 0 Å². The van der Waals surface area contributed by atoms with Crippen LogP contribution in [0.4, 0.5) is 0 Å². The van der Waals surface area contributed by atoms with Crippen molar-refractivity contribution in [2.24, 2.45) is 11.8 Å². The lowest BCUT2D eigenvalue weighted by Crippen LogP contribution is -2.28. The van der Waals surface area contributed by atoms with Crippen LogP contribution < -0.4 is 5.32 Å². The van der Waals surface area contributed by atoms with Gasteiger partial charge < -0.3 is 5.32 Å². The summed E-state index contributed by atoms with van der Waals surface area (Å²) in [5.74, 6) is 1.79. The molecular weight excluding hydrogens is 294 g/mol. The van der Waals surface area contributed by atoms with E-state index in [1.165, 1.54) is 47.3 Å². The van der Waals surface area contributed by atoms with Gasteiger partial charge in [0.15, 0.2) is 0 Å². The van der Waals surface area contributed by atoms with Crippen LogP contribution in [0.5, 0.6) is 0 Å². The molecule has 0 bridgehead atoms. The van der Waals surface area contributed by atoms with Crippen molar-refractivity contribution < 1.29 is 0 Å². The summed E-state index contributed by atoms with van der Waals surface area (Å²) in [6.07, 6.45) is 7.04. The van der Waals surface area contributed by atoms with Crippen molar-refractivity contribution in [3.8, 4) is 0 Å². The van der Waals surface area contributed by atoms with E-state index in [1.807, 2.05) is 11.3 Å². The first kappa shape index (κ1) is 13.6. The maximum atomic E-state index is 3.56. The summed E-state index contributed by atoms with van der Waals surface area (Å²) in [5.41, 5.74) is 0. The molecule has 1 unspecified atom stereocenters. The summed E-state index contributed by atoms with van der Waals surface area (Å²) in [6, 6.07) is 4.46. The summed E-state index contributed by atoms with van der Waals surface area (Å²) < 4.78 is 1.26. The molecule has 2 rings (SSSR count). The van der Waals surface area contributed by atoms with E-state index in [4.69, 9.17) is 0 Å². The van der Waals surface area contributed by atoms with Gasteiger partial charge in [-0.15, -0.1) is 11.3 Å². The van der Waals surface area contributed by atoms with Gasteiger partial charge in [0.2, 0.25) is 0 Å². The zero-order valence-electron chi connectivity index (χ0n) is 10.5. The highest BCUT2D eigenvalue weighted by molar-refractivity contribution is 9.11. The molecule has 1 aromatic rings. The summed E-state index contributed by atoms with van der Waals surface area (Å²) in [6.45, 7) is 4.49. The zero-order chi connectivity index (χ0) is 12.1. The summed E-state index contributed by atoms with van der Waals surface area (Å²) in [7, 11) is 0. The highest BCUT2D eigenvalue weighted by Gasteiger charge is 2.25. The lowest BCUT2D eigenvalue weighted by atomic mass is 9.87. The van der Waals surface area contributed by atoms with Crippen LogP contribution in [0, 0.1) is 11.8 Å². The molecule has 0 amide bonds. The molecule has 1 saturated carbocycles. The molecule has 1 aliphatic rings. The third-order valence-electron chi connectivity index (χ3n) is 3.82. The zero-order valence-corrected chi connectivity index (χ0v) is 12.9. The Morgan fingerprint density at radius 1 is 1.41 bits per heavy atom. The number of halogens is 1. The molecule has 1 nitrogen and oxygen atoms in total. The average Bonchev–Trinajstić information content (AvgIpc) is 2.95. The van der Waals surface area contributed by atoms with E-state index in [2.05, 4.69) is 40.3 Å². The van der Waals surface area contributed by atoms with E-state index in [9.17, 15) is 0 Å². The lowest BCUT2D eigenvalue weighted by molar-refractivity contribution is 0.325. The van der Waals surface area contributed by atoms with Crippen LogP contribution in [-0.4, -0.2) is 13.1 Å². The number of hydrogen-bond donors (Lipinski definition) is 1. The monoisotopic (exact) mass is 315 g/mol. The fourth-order valence-corrected chi connectivity index (χ4v) is 4.46. The Morgan fingerprint density at radius 3 is 2.76 bits per heavy atom. The Hall–Kier alpha value is 0.140. The van der Waals surface area contributed by atoms with E-state index in [-0.39, 0.29) is 0 Å². The van der Waals surface area contributed by atoms with Gasteiger partial charge in [-0.05, 0) is 59.4 Å². The van der Waals surface area contributed by atoms with Crippen molar-refractivity contribution in [2.75, 3.05) is 13.1 Å². The SMILES string of the molecule is CCNCC(Cc1ccc(Br)s1)C1CCCC1. The molecule has 1 N–H and O–H groups in total. The van der Waals surface area contributed by atoms with E-state index >= 15 is 0 Å². The first-order valence-corrected chi connectivity index (χ1v) is 8.35. The molecular formula is C14H22BrNS. The van der Waals surface area contributed by atoms with Gasteiger partial charge in [0.1, 0.15) is 0 Å². The highest BCUT2D eigenvalue weighted by atomic mass is 79.9. The Morgan fingerprint density at radius 2 is 2.18 bits per heavy atom. The van der Waals surface area contributed by atoms with Crippen molar-refractivity contribution in [3.05, 3.63) is 20.8 Å². The van der Waals surface area contributed by atoms with Crippen LogP contribution in [0.1, 0.15) is 37.5 Å². The Bertz CT molecular complexity index is 331. The predicted molar refractivity (Wildman–Crippen MR) is 79.7 cm³/mol. The molecule has 0 saturated heterocycles. The third-order valence-corrected chi connectivity index (χ3v) is 5.46. The second kappa shape index (κ2) is 6.91. The first-order valence-electron chi connectivity index (χ1n) is 6.74. The summed E-state index contributed by atoms with van der Waals surface area (Å²) in [4.78, 5) is 1.53. The molecule has 3 heteroatoms. The van der Waals surface area contributed by atoms with E-state index in [1.54, 1.807) is 0 Å². The van der Waals surface area contributed by atoms with Crippen molar-refractivity contribution in [1.29, 1.82) is 0 Å². The van der Waals surface area contributed by atoms with Crippen LogP contribution in [0.25, 0.3) is 0 Å². The Kier molecular flexibility index (Phi) is 5.51. The van der Waals surface area contributed by atoms with Gasteiger partial charge in [0, 0.05) is 4.88 Å². The molecule has 1 atom stereocenters. The maximum absolute atomic E-state index is 3.56. The minimum atomic E-state index is 0.836. The maximum Gasteiger partial charge on any atom is 0.0701 e. The number of rotatable bonds is 6. The van der Waals surface area contributed by atoms with Crippen LogP contribution in [0.15, 0.2) is 15.9 Å². The molecule has 96 valence electrons. The van der Waals surface area contributed by atoms with Crippen molar-refractivity contribution >= 4 is 27.3 Å². The molecule has 1 heterocycles. The normalized spacial score (nSPS) is 18.7. The molecule has 17 heavy (non-hydrogen) atoms. The minimum absolute atomic E-state index is 0.836. The standard InChI is InChI=1S/C14H22BrNS/c1-2-16-10-12(11-5-3-4-6-11)9-13-7-8-14(15)17-13/h7-8,11-12,16H,2-6,9-10H2,1H3. The second-order valence-electron chi connectivity index (χ2n) is 5.02. The third kappa shape index (κ3) is 4.08. The van der Waals surface area contributed by atoms with Gasteiger partial charge in [-0.2, -0.15) is 0 Å². The van der Waals surface area contributed by atoms with E-state index < -0.39 is 0 Å².